The second-order valence-corrected chi connectivity index (χ2v) is 4.45. The summed E-state index contributed by atoms with van der Waals surface area (Å²) in [7, 11) is 0. The minimum atomic E-state index is -0.555. The molecule has 0 spiro atoms. The number of aromatic hydroxyl groups is 1. The van der Waals surface area contributed by atoms with Crippen molar-refractivity contribution in [3.05, 3.63) is 63.5 Å². The summed E-state index contributed by atoms with van der Waals surface area (Å²) < 4.78 is 13.1. The molecular formula is C14H13FN2O3. The van der Waals surface area contributed by atoms with E-state index in [1.807, 2.05) is 0 Å². The SMILES string of the molecule is Cc1ccc(NCc2cc(O)cc(F)c2)c([N+](=O)[O-])c1. The topological polar surface area (TPSA) is 75.4 Å². The van der Waals surface area contributed by atoms with Crippen LogP contribution in [0, 0.1) is 22.9 Å². The number of nitrogens with one attached hydrogen (secondary N) is 1. The summed E-state index contributed by atoms with van der Waals surface area (Å²) in [4.78, 5) is 10.5. The summed E-state index contributed by atoms with van der Waals surface area (Å²) in [5.74, 6) is -0.736. The lowest BCUT2D eigenvalue weighted by Crippen LogP contribution is -2.03. The highest BCUT2D eigenvalue weighted by molar-refractivity contribution is 5.62. The fraction of sp³-hybridized carbons (Fsp3) is 0.143. The third-order valence-corrected chi connectivity index (χ3v) is 2.78. The predicted octanol–water partition coefficient (Wildman–Crippen LogP) is 3.36. The zero-order chi connectivity index (χ0) is 14.7. The number of benzene rings is 2. The minimum absolute atomic E-state index is 0.0365. The van der Waals surface area contributed by atoms with Crippen molar-refractivity contribution in [3.8, 4) is 5.75 Å². The molecule has 0 radical (unpaired) electrons. The third kappa shape index (κ3) is 3.23. The van der Waals surface area contributed by atoms with Gasteiger partial charge in [0.1, 0.15) is 17.3 Å². The summed E-state index contributed by atoms with van der Waals surface area (Å²) in [6.07, 6.45) is 0. The van der Waals surface area contributed by atoms with Crippen molar-refractivity contribution < 1.29 is 14.4 Å². The first kappa shape index (κ1) is 13.8. The van der Waals surface area contributed by atoms with E-state index < -0.39 is 10.7 Å². The van der Waals surface area contributed by atoms with E-state index in [1.54, 1.807) is 19.1 Å². The van der Waals surface area contributed by atoms with Crippen LogP contribution in [0.2, 0.25) is 0 Å². The number of aryl methyl sites for hydroxylation is 1. The van der Waals surface area contributed by atoms with Crippen molar-refractivity contribution in [1.82, 2.24) is 0 Å². The summed E-state index contributed by atoms with van der Waals surface area (Å²) >= 11 is 0. The number of nitro groups is 1. The Kier molecular flexibility index (Phi) is 3.84. The van der Waals surface area contributed by atoms with Gasteiger partial charge in [-0.25, -0.2) is 4.39 Å². The van der Waals surface area contributed by atoms with Gasteiger partial charge in [0.05, 0.1) is 4.92 Å². The average Bonchev–Trinajstić information content (AvgIpc) is 2.36. The smallest absolute Gasteiger partial charge is 0.292 e. The zero-order valence-corrected chi connectivity index (χ0v) is 10.8. The Labute approximate surface area is 114 Å². The molecule has 2 rings (SSSR count). The van der Waals surface area contributed by atoms with E-state index in [4.69, 9.17) is 0 Å². The van der Waals surface area contributed by atoms with E-state index in [1.165, 1.54) is 18.2 Å². The van der Waals surface area contributed by atoms with E-state index >= 15 is 0 Å². The van der Waals surface area contributed by atoms with Crippen molar-refractivity contribution in [2.45, 2.75) is 13.5 Å². The monoisotopic (exact) mass is 276 g/mol. The molecule has 6 heteroatoms. The molecule has 0 atom stereocenters. The second-order valence-electron chi connectivity index (χ2n) is 4.45. The highest BCUT2D eigenvalue weighted by Gasteiger charge is 2.13. The Hall–Kier alpha value is -2.63. The summed E-state index contributed by atoms with van der Waals surface area (Å²) in [6, 6.07) is 8.47. The van der Waals surface area contributed by atoms with Crippen molar-refractivity contribution in [3.63, 3.8) is 0 Å². The first-order chi connectivity index (χ1) is 9.45. The highest BCUT2D eigenvalue weighted by atomic mass is 19.1. The number of phenols is 1. The predicted molar refractivity (Wildman–Crippen MR) is 73.2 cm³/mol. The van der Waals surface area contributed by atoms with Crippen LogP contribution in [0.4, 0.5) is 15.8 Å². The number of phenolic OH excluding ortho intramolecular Hbond substituents is 1. The second kappa shape index (κ2) is 5.56. The lowest BCUT2D eigenvalue weighted by Gasteiger charge is -2.08. The molecule has 0 saturated carbocycles. The van der Waals surface area contributed by atoms with Crippen LogP contribution >= 0.6 is 0 Å². The van der Waals surface area contributed by atoms with Crippen molar-refractivity contribution in [1.29, 1.82) is 0 Å². The van der Waals surface area contributed by atoms with Crippen LogP contribution in [0.1, 0.15) is 11.1 Å². The number of nitro benzene ring substituents is 1. The standard InChI is InChI=1S/C14H13FN2O3/c1-9-2-3-13(14(4-9)17(19)20)16-8-10-5-11(15)7-12(18)6-10/h2-7,16,18H,8H2,1H3. The molecular weight excluding hydrogens is 263 g/mol. The Bertz CT molecular complexity index is 639. The van der Waals surface area contributed by atoms with E-state index in [0.717, 1.165) is 11.6 Å². The zero-order valence-electron chi connectivity index (χ0n) is 10.8. The molecule has 2 aromatic rings. The Morgan fingerprint density at radius 3 is 2.70 bits per heavy atom. The minimum Gasteiger partial charge on any atom is -0.508 e. The molecule has 0 heterocycles. The fourth-order valence-electron chi connectivity index (χ4n) is 1.87. The quantitative estimate of drug-likeness (QED) is 0.663. The van der Waals surface area contributed by atoms with Gasteiger partial charge in [0, 0.05) is 18.7 Å². The summed E-state index contributed by atoms with van der Waals surface area (Å²) in [5, 5.41) is 23.1. The van der Waals surface area contributed by atoms with Gasteiger partial charge in [-0.1, -0.05) is 6.07 Å². The molecule has 0 aliphatic heterocycles. The maximum Gasteiger partial charge on any atom is 0.292 e. The molecule has 0 aromatic heterocycles. The Morgan fingerprint density at radius 1 is 1.30 bits per heavy atom. The number of hydrogen-bond donors (Lipinski definition) is 2. The van der Waals surface area contributed by atoms with Gasteiger partial charge in [0.15, 0.2) is 0 Å². The Balaban J connectivity index is 2.20. The number of hydrogen-bond acceptors (Lipinski definition) is 4. The lowest BCUT2D eigenvalue weighted by atomic mass is 10.1. The molecule has 2 aromatic carbocycles. The first-order valence-electron chi connectivity index (χ1n) is 5.93. The maximum atomic E-state index is 13.1. The molecule has 0 aliphatic carbocycles. The Morgan fingerprint density at radius 2 is 2.05 bits per heavy atom. The summed E-state index contributed by atoms with van der Waals surface area (Å²) in [6.45, 7) is 1.94. The number of nitrogens with zero attached hydrogens (tertiary/aromatic N) is 1. The van der Waals surface area contributed by atoms with Crippen LogP contribution in [0.5, 0.6) is 5.75 Å². The fourth-order valence-corrected chi connectivity index (χ4v) is 1.87. The summed E-state index contributed by atoms with van der Waals surface area (Å²) in [5.41, 5.74) is 1.60. The van der Waals surface area contributed by atoms with Crippen molar-refractivity contribution in [2.24, 2.45) is 0 Å². The molecule has 0 unspecified atom stereocenters. The molecule has 0 amide bonds. The van der Waals surface area contributed by atoms with Gasteiger partial charge < -0.3 is 10.4 Å². The largest absolute Gasteiger partial charge is 0.508 e. The highest BCUT2D eigenvalue weighted by Crippen LogP contribution is 2.26. The van der Waals surface area contributed by atoms with Gasteiger partial charge >= 0.3 is 0 Å². The van der Waals surface area contributed by atoms with Gasteiger partial charge in [-0.15, -0.1) is 0 Å². The maximum absolute atomic E-state index is 13.1. The third-order valence-electron chi connectivity index (χ3n) is 2.78. The van der Waals surface area contributed by atoms with Gasteiger partial charge in [0.2, 0.25) is 0 Å². The van der Waals surface area contributed by atoms with Crippen LogP contribution in [0.3, 0.4) is 0 Å². The van der Waals surface area contributed by atoms with E-state index in [9.17, 15) is 19.6 Å². The van der Waals surface area contributed by atoms with Crippen LogP contribution in [-0.4, -0.2) is 10.0 Å². The van der Waals surface area contributed by atoms with E-state index in [2.05, 4.69) is 5.32 Å². The van der Waals surface area contributed by atoms with Crippen LogP contribution in [0.15, 0.2) is 36.4 Å². The van der Waals surface area contributed by atoms with Gasteiger partial charge in [-0.3, -0.25) is 10.1 Å². The average molecular weight is 276 g/mol. The molecule has 5 nitrogen and oxygen atoms in total. The van der Waals surface area contributed by atoms with Crippen molar-refractivity contribution >= 4 is 11.4 Å². The number of rotatable bonds is 4. The van der Waals surface area contributed by atoms with Crippen molar-refractivity contribution in [2.75, 3.05) is 5.32 Å². The van der Waals surface area contributed by atoms with Crippen LogP contribution in [0.25, 0.3) is 0 Å². The van der Waals surface area contributed by atoms with Crippen LogP contribution < -0.4 is 5.32 Å². The van der Waals surface area contributed by atoms with E-state index in [-0.39, 0.29) is 18.0 Å². The van der Waals surface area contributed by atoms with Gasteiger partial charge in [-0.05, 0) is 36.2 Å². The molecule has 104 valence electrons. The molecule has 20 heavy (non-hydrogen) atoms. The van der Waals surface area contributed by atoms with E-state index in [0.29, 0.717) is 11.3 Å². The molecule has 0 bridgehead atoms. The molecule has 2 N–H and O–H groups in total. The normalized spacial score (nSPS) is 10.3. The molecule has 0 saturated heterocycles. The number of anilines is 1. The molecule has 0 fully saturated rings. The lowest BCUT2D eigenvalue weighted by molar-refractivity contribution is -0.384. The van der Waals surface area contributed by atoms with Gasteiger partial charge in [0.25, 0.3) is 5.69 Å². The van der Waals surface area contributed by atoms with Crippen LogP contribution in [-0.2, 0) is 6.54 Å². The first-order valence-corrected chi connectivity index (χ1v) is 5.93. The van der Waals surface area contributed by atoms with Gasteiger partial charge in [-0.2, -0.15) is 0 Å². The number of halogens is 1. The molecule has 0 aliphatic rings.